The molecular formula is C23H32N8O. The molecule has 0 aromatic heterocycles. The van der Waals surface area contributed by atoms with Gasteiger partial charge >= 0.3 is 0 Å². The Balaban J connectivity index is 1.39. The molecule has 170 valence electrons. The molecule has 2 aliphatic heterocycles. The van der Waals surface area contributed by atoms with Gasteiger partial charge in [-0.05, 0) is 51.0 Å². The molecule has 4 rings (SSSR count). The summed E-state index contributed by atoms with van der Waals surface area (Å²) < 4.78 is 6.06. The minimum absolute atomic E-state index is 0.0770. The third-order valence-corrected chi connectivity index (χ3v) is 6.00. The van der Waals surface area contributed by atoms with Gasteiger partial charge in [-0.15, -0.1) is 0 Å². The van der Waals surface area contributed by atoms with Gasteiger partial charge in [0.15, 0.2) is 0 Å². The maximum atomic E-state index is 8.77. The summed E-state index contributed by atoms with van der Waals surface area (Å²) in [5.41, 5.74) is 8.40. The van der Waals surface area contributed by atoms with Crippen molar-refractivity contribution in [2.45, 2.75) is 38.5 Å². The summed E-state index contributed by atoms with van der Waals surface area (Å²) in [6.07, 6.45) is 9.01. The molecule has 1 aliphatic carbocycles. The average Bonchev–Trinajstić information content (AvgIpc) is 3.54. The number of benzene rings is 1. The first-order chi connectivity index (χ1) is 15.5. The normalized spacial score (nSPS) is 23.3. The Morgan fingerprint density at radius 1 is 1.34 bits per heavy atom. The number of allylic oxidation sites excluding steroid dienone is 1. The molecule has 0 spiro atoms. The standard InChI is InChI=1S/C23H32N8O/c1-3-26-14-27-16-30-8-10-31(11-9-30)21-13-20(28-15-29-21)22(25)18-12-17(4-5-19(18)24)32-23(2)6-7-23/h3-5,12-15,21,25H,6-11,16,24H2,1-2H3,(H,28,29)/b25-22?,26-3?,27-14-. The molecule has 1 aromatic carbocycles. The van der Waals surface area contributed by atoms with Crippen LogP contribution in [0.3, 0.4) is 0 Å². The Hall–Kier alpha value is -3.04. The Morgan fingerprint density at radius 3 is 2.84 bits per heavy atom. The minimum atomic E-state index is -0.104. The van der Waals surface area contributed by atoms with Crippen LogP contribution in [0, 0.1) is 5.41 Å². The Kier molecular flexibility index (Phi) is 6.66. The monoisotopic (exact) mass is 436 g/mol. The van der Waals surface area contributed by atoms with Gasteiger partial charge in [-0.25, -0.2) is 4.99 Å². The molecule has 9 heteroatoms. The second-order valence-corrected chi connectivity index (χ2v) is 8.59. The fourth-order valence-corrected chi connectivity index (χ4v) is 3.74. The number of piperazine rings is 1. The summed E-state index contributed by atoms with van der Waals surface area (Å²) >= 11 is 0. The molecule has 1 unspecified atom stereocenters. The van der Waals surface area contributed by atoms with Crippen molar-refractivity contribution < 1.29 is 4.74 Å². The smallest absolute Gasteiger partial charge is 0.125 e. The van der Waals surface area contributed by atoms with E-state index in [1.165, 1.54) is 0 Å². The van der Waals surface area contributed by atoms with Gasteiger partial charge in [0, 0.05) is 43.6 Å². The first-order valence-electron chi connectivity index (χ1n) is 11.1. The topological polar surface area (TPSA) is 115 Å². The van der Waals surface area contributed by atoms with E-state index >= 15 is 0 Å². The van der Waals surface area contributed by atoms with Crippen LogP contribution < -0.4 is 15.8 Å². The van der Waals surface area contributed by atoms with Gasteiger partial charge in [-0.3, -0.25) is 25.2 Å². The third-order valence-electron chi connectivity index (χ3n) is 6.00. The van der Waals surface area contributed by atoms with Crippen molar-refractivity contribution in [3.8, 4) is 5.75 Å². The molecule has 1 aromatic rings. The van der Waals surface area contributed by atoms with Crippen molar-refractivity contribution in [2.24, 2.45) is 15.0 Å². The van der Waals surface area contributed by atoms with Gasteiger partial charge in [0.25, 0.3) is 0 Å². The summed E-state index contributed by atoms with van der Waals surface area (Å²) in [5.74, 6) is 0.754. The van der Waals surface area contributed by atoms with Gasteiger partial charge in [0.1, 0.15) is 23.9 Å². The van der Waals surface area contributed by atoms with E-state index in [-0.39, 0.29) is 11.8 Å². The molecular weight excluding hydrogens is 404 g/mol. The molecule has 32 heavy (non-hydrogen) atoms. The summed E-state index contributed by atoms with van der Waals surface area (Å²) in [6.45, 7) is 8.23. The number of rotatable bonds is 8. The van der Waals surface area contributed by atoms with Crippen molar-refractivity contribution in [1.29, 1.82) is 5.41 Å². The summed E-state index contributed by atoms with van der Waals surface area (Å²) in [7, 11) is 0. The molecule has 9 nitrogen and oxygen atoms in total. The molecule has 2 heterocycles. The lowest BCUT2D eigenvalue weighted by atomic mass is 10.0. The molecule has 1 saturated heterocycles. The maximum absolute atomic E-state index is 8.77. The summed E-state index contributed by atoms with van der Waals surface area (Å²) in [6, 6.07) is 5.56. The third kappa shape index (κ3) is 5.41. The van der Waals surface area contributed by atoms with Gasteiger partial charge in [-0.1, -0.05) is 0 Å². The lowest BCUT2D eigenvalue weighted by Crippen LogP contribution is -2.50. The van der Waals surface area contributed by atoms with Crippen LogP contribution in [0.2, 0.25) is 0 Å². The Bertz CT molecular complexity index is 955. The number of anilines is 1. The van der Waals surface area contributed by atoms with E-state index in [1.54, 1.807) is 18.9 Å². The van der Waals surface area contributed by atoms with Crippen LogP contribution in [-0.4, -0.2) is 79.0 Å². The van der Waals surface area contributed by atoms with Crippen LogP contribution in [0.5, 0.6) is 5.75 Å². The largest absolute Gasteiger partial charge is 0.488 e. The van der Waals surface area contributed by atoms with Crippen molar-refractivity contribution in [2.75, 3.05) is 38.6 Å². The van der Waals surface area contributed by atoms with Crippen LogP contribution >= 0.6 is 0 Å². The van der Waals surface area contributed by atoms with E-state index in [2.05, 4.69) is 37.0 Å². The van der Waals surface area contributed by atoms with Crippen LogP contribution in [0.15, 0.2) is 44.9 Å². The quantitative estimate of drug-likeness (QED) is 0.328. The van der Waals surface area contributed by atoms with E-state index in [0.29, 0.717) is 29.3 Å². The minimum Gasteiger partial charge on any atom is -0.488 e. The van der Waals surface area contributed by atoms with Crippen molar-refractivity contribution in [3.05, 3.63) is 35.5 Å². The zero-order valence-corrected chi connectivity index (χ0v) is 18.8. The second-order valence-electron chi connectivity index (χ2n) is 8.59. The van der Waals surface area contributed by atoms with Crippen molar-refractivity contribution in [1.82, 2.24) is 15.1 Å². The molecule has 0 radical (unpaired) electrons. The van der Waals surface area contributed by atoms with Crippen LogP contribution in [-0.2, 0) is 0 Å². The Morgan fingerprint density at radius 2 is 2.12 bits per heavy atom. The first-order valence-corrected chi connectivity index (χ1v) is 11.1. The lowest BCUT2D eigenvalue weighted by molar-refractivity contribution is 0.116. The lowest BCUT2D eigenvalue weighted by Gasteiger charge is -2.37. The predicted molar refractivity (Wildman–Crippen MR) is 130 cm³/mol. The highest BCUT2D eigenvalue weighted by Crippen LogP contribution is 2.40. The molecule has 1 atom stereocenters. The molecule has 3 aliphatic rings. The van der Waals surface area contributed by atoms with Crippen LogP contribution in [0.1, 0.15) is 32.3 Å². The van der Waals surface area contributed by atoms with Gasteiger partial charge in [-0.2, -0.15) is 0 Å². The number of hydrogen-bond acceptors (Lipinski definition) is 8. The van der Waals surface area contributed by atoms with Crippen LogP contribution in [0.4, 0.5) is 5.69 Å². The average molecular weight is 437 g/mol. The number of nitrogens with two attached hydrogens (primary N) is 1. The van der Waals surface area contributed by atoms with Crippen molar-refractivity contribution in [3.63, 3.8) is 0 Å². The number of nitrogen functional groups attached to an aromatic ring is 1. The highest BCUT2D eigenvalue weighted by atomic mass is 16.5. The van der Waals surface area contributed by atoms with E-state index < -0.39 is 0 Å². The van der Waals surface area contributed by atoms with Gasteiger partial charge in [0.2, 0.25) is 0 Å². The van der Waals surface area contributed by atoms with Gasteiger partial charge < -0.3 is 15.8 Å². The van der Waals surface area contributed by atoms with E-state index in [0.717, 1.165) is 44.8 Å². The Labute approximate surface area is 189 Å². The van der Waals surface area contributed by atoms with Crippen LogP contribution in [0.25, 0.3) is 0 Å². The number of nitrogens with zero attached hydrogens (tertiary/aromatic N) is 5. The molecule has 1 saturated carbocycles. The molecule has 2 fully saturated rings. The second kappa shape index (κ2) is 9.62. The zero-order valence-electron chi connectivity index (χ0n) is 18.8. The molecule has 0 bridgehead atoms. The molecule has 4 N–H and O–H groups in total. The van der Waals surface area contributed by atoms with Gasteiger partial charge in [0.05, 0.1) is 24.4 Å². The highest BCUT2D eigenvalue weighted by Gasteiger charge is 2.40. The van der Waals surface area contributed by atoms with E-state index in [1.807, 2.05) is 31.2 Å². The fraction of sp³-hybridized carbons (Fsp3) is 0.478. The maximum Gasteiger partial charge on any atom is 0.125 e. The first kappa shape index (κ1) is 22.2. The summed E-state index contributed by atoms with van der Waals surface area (Å²) in [5, 5.41) is 11.9. The number of aliphatic imine (C=N–C) groups is 3. The van der Waals surface area contributed by atoms with E-state index in [9.17, 15) is 0 Å². The SMILES string of the molecule is CC=N/C=N\CN1CCN(C2C=C(C(=N)c3cc(OC4(C)CC4)ccc3N)NC=N2)CC1. The zero-order chi connectivity index (χ0) is 22.6. The number of hydrogen-bond donors (Lipinski definition) is 3. The predicted octanol–water partition coefficient (Wildman–Crippen LogP) is 2.10. The number of ether oxygens (including phenoxy) is 1. The fourth-order valence-electron chi connectivity index (χ4n) is 3.74. The summed E-state index contributed by atoms with van der Waals surface area (Å²) in [4.78, 5) is 17.5. The molecule has 0 amide bonds. The van der Waals surface area contributed by atoms with Crippen molar-refractivity contribution >= 4 is 30.3 Å². The highest BCUT2D eigenvalue weighted by molar-refractivity contribution is 6.14. The number of nitrogens with one attached hydrogen (secondary N) is 2. The van der Waals surface area contributed by atoms with E-state index in [4.69, 9.17) is 15.9 Å².